The number of carbonyl (C=O) groups is 1. The van der Waals surface area contributed by atoms with Crippen molar-refractivity contribution in [3.05, 3.63) is 58.4 Å². The Hall–Kier alpha value is -2.13. The number of halogens is 1. The van der Waals surface area contributed by atoms with Gasteiger partial charge in [0.2, 0.25) is 0 Å². The molecule has 3 nitrogen and oxygen atoms in total. The van der Waals surface area contributed by atoms with Gasteiger partial charge in [-0.2, -0.15) is 0 Å². The SMILES string of the molecule is CCc1ccc(-c2cc3c(cc2Cl)CCCC=C3C(=O)O)cn1. The fraction of sp³-hybridized carbons (Fsp3) is 0.263. The first-order valence-corrected chi connectivity index (χ1v) is 8.19. The standard InChI is InChI=1S/C19H18ClNO2/c1-2-14-8-7-13(11-21-14)17-10-16-12(9-18(17)20)5-3-4-6-15(16)19(22)23/h6-11H,2-5H2,1H3,(H,22,23). The van der Waals surface area contributed by atoms with Gasteiger partial charge in [-0.15, -0.1) is 0 Å². The van der Waals surface area contributed by atoms with E-state index in [0.29, 0.717) is 10.6 Å². The molecule has 0 atom stereocenters. The second-order valence-corrected chi connectivity index (χ2v) is 6.10. The van der Waals surface area contributed by atoms with Gasteiger partial charge in [0, 0.05) is 28.0 Å². The van der Waals surface area contributed by atoms with Crippen LogP contribution in [-0.4, -0.2) is 16.1 Å². The Kier molecular flexibility index (Phi) is 4.49. The zero-order valence-corrected chi connectivity index (χ0v) is 13.7. The van der Waals surface area contributed by atoms with E-state index in [1.54, 1.807) is 6.20 Å². The first kappa shape index (κ1) is 15.8. The number of pyridine rings is 1. The van der Waals surface area contributed by atoms with Gasteiger partial charge in [0.1, 0.15) is 0 Å². The third kappa shape index (κ3) is 3.15. The molecule has 1 aromatic carbocycles. The smallest absolute Gasteiger partial charge is 0.335 e. The van der Waals surface area contributed by atoms with E-state index in [1.165, 1.54) is 0 Å². The van der Waals surface area contributed by atoms with E-state index in [-0.39, 0.29) is 0 Å². The van der Waals surface area contributed by atoms with Crippen LogP contribution in [0.5, 0.6) is 0 Å². The highest BCUT2D eigenvalue weighted by molar-refractivity contribution is 6.33. The molecule has 2 aromatic rings. The lowest BCUT2D eigenvalue weighted by molar-refractivity contribution is -0.130. The molecule has 0 spiro atoms. The molecule has 1 aliphatic rings. The van der Waals surface area contributed by atoms with Gasteiger partial charge in [-0.1, -0.05) is 30.7 Å². The lowest BCUT2D eigenvalue weighted by atomic mass is 9.94. The van der Waals surface area contributed by atoms with Gasteiger partial charge in [0.05, 0.1) is 5.57 Å². The third-order valence-electron chi connectivity index (χ3n) is 4.21. The first-order chi connectivity index (χ1) is 11.1. The number of hydrogen-bond donors (Lipinski definition) is 1. The molecule has 0 unspecified atom stereocenters. The molecule has 0 saturated heterocycles. The van der Waals surface area contributed by atoms with Crippen LogP contribution in [0.2, 0.25) is 5.02 Å². The summed E-state index contributed by atoms with van der Waals surface area (Å²) in [4.78, 5) is 16.0. The van der Waals surface area contributed by atoms with Gasteiger partial charge in [0.15, 0.2) is 0 Å². The Balaban J connectivity index is 2.13. The van der Waals surface area contributed by atoms with Gasteiger partial charge in [0.25, 0.3) is 0 Å². The predicted octanol–water partition coefficient (Wildman–Crippen LogP) is 4.77. The lowest BCUT2D eigenvalue weighted by Crippen LogP contribution is -2.02. The molecule has 1 N–H and O–H groups in total. The average molecular weight is 328 g/mol. The summed E-state index contributed by atoms with van der Waals surface area (Å²) in [7, 11) is 0. The quantitative estimate of drug-likeness (QED) is 0.883. The molecule has 3 rings (SSSR count). The fourth-order valence-electron chi connectivity index (χ4n) is 2.94. The maximum absolute atomic E-state index is 11.6. The van der Waals surface area contributed by atoms with E-state index in [1.807, 2.05) is 30.3 Å². The second-order valence-electron chi connectivity index (χ2n) is 5.70. The van der Waals surface area contributed by atoms with Crippen LogP contribution in [0.25, 0.3) is 16.7 Å². The zero-order chi connectivity index (χ0) is 16.4. The summed E-state index contributed by atoms with van der Waals surface area (Å²) in [6.07, 6.45) is 7.04. The van der Waals surface area contributed by atoms with Crippen molar-refractivity contribution in [1.29, 1.82) is 0 Å². The molecule has 1 aliphatic carbocycles. The Bertz CT molecular complexity index is 779. The number of hydrogen-bond acceptors (Lipinski definition) is 2. The summed E-state index contributed by atoms with van der Waals surface area (Å²) in [6.45, 7) is 2.06. The van der Waals surface area contributed by atoms with Crippen LogP contribution >= 0.6 is 11.6 Å². The Labute approximate surface area is 140 Å². The molecule has 0 saturated carbocycles. The summed E-state index contributed by atoms with van der Waals surface area (Å²) in [6, 6.07) is 7.76. The maximum atomic E-state index is 11.6. The minimum absolute atomic E-state index is 0.369. The highest BCUT2D eigenvalue weighted by atomic mass is 35.5. The van der Waals surface area contributed by atoms with Gasteiger partial charge in [-0.05, 0) is 55.0 Å². The number of aryl methyl sites for hydroxylation is 2. The number of benzene rings is 1. The molecule has 0 radical (unpaired) electrons. The molecule has 0 fully saturated rings. The number of allylic oxidation sites excluding steroid dienone is 1. The lowest BCUT2D eigenvalue weighted by Gasteiger charge is -2.13. The van der Waals surface area contributed by atoms with Crippen molar-refractivity contribution in [2.24, 2.45) is 0 Å². The van der Waals surface area contributed by atoms with Crippen molar-refractivity contribution >= 4 is 23.1 Å². The number of rotatable bonds is 3. The van der Waals surface area contributed by atoms with E-state index >= 15 is 0 Å². The number of carboxylic acid groups (broad SMARTS) is 1. The minimum atomic E-state index is -0.888. The Morgan fingerprint density at radius 1 is 1.30 bits per heavy atom. The van der Waals surface area contributed by atoms with Gasteiger partial charge in [-0.25, -0.2) is 4.79 Å². The molecule has 118 valence electrons. The summed E-state index contributed by atoms with van der Waals surface area (Å²) in [5.41, 5.74) is 4.90. The summed E-state index contributed by atoms with van der Waals surface area (Å²) in [5.74, 6) is -0.888. The first-order valence-electron chi connectivity index (χ1n) is 7.81. The fourth-order valence-corrected chi connectivity index (χ4v) is 3.23. The molecule has 0 amide bonds. The Morgan fingerprint density at radius 3 is 2.78 bits per heavy atom. The van der Waals surface area contributed by atoms with Crippen LogP contribution in [0.15, 0.2) is 36.5 Å². The largest absolute Gasteiger partial charge is 0.478 e. The predicted molar refractivity (Wildman–Crippen MR) is 92.6 cm³/mol. The van der Waals surface area contributed by atoms with E-state index in [2.05, 4.69) is 11.9 Å². The van der Waals surface area contributed by atoms with Crippen LogP contribution in [0.4, 0.5) is 0 Å². The van der Waals surface area contributed by atoms with Crippen molar-refractivity contribution in [3.63, 3.8) is 0 Å². The molecule has 1 aromatic heterocycles. The van der Waals surface area contributed by atoms with Crippen molar-refractivity contribution in [2.45, 2.75) is 32.6 Å². The molecule has 0 bridgehead atoms. The van der Waals surface area contributed by atoms with Gasteiger partial charge < -0.3 is 5.11 Å². The van der Waals surface area contributed by atoms with E-state index < -0.39 is 5.97 Å². The number of aliphatic carboxylic acids is 1. The van der Waals surface area contributed by atoms with Crippen molar-refractivity contribution in [3.8, 4) is 11.1 Å². The van der Waals surface area contributed by atoms with Crippen LogP contribution in [0, 0.1) is 0 Å². The topological polar surface area (TPSA) is 50.2 Å². The molecule has 0 aliphatic heterocycles. The van der Waals surface area contributed by atoms with Crippen LogP contribution in [-0.2, 0) is 17.6 Å². The van der Waals surface area contributed by atoms with E-state index in [0.717, 1.165) is 53.6 Å². The summed E-state index contributed by atoms with van der Waals surface area (Å²) < 4.78 is 0. The second kappa shape index (κ2) is 6.55. The summed E-state index contributed by atoms with van der Waals surface area (Å²) >= 11 is 6.46. The molecule has 23 heavy (non-hydrogen) atoms. The average Bonchev–Trinajstić information content (AvgIpc) is 2.76. The highest BCUT2D eigenvalue weighted by Crippen LogP contribution is 2.35. The van der Waals surface area contributed by atoms with Gasteiger partial charge in [-0.3, -0.25) is 4.98 Å². The van der Waals surface area contributed by atoms with Crippen molar-refractivity contribution in [2.75, 3.05) is 0 Å². The molecule has 1 heterocycles. The van der Waals surface area contributed by atoms with Crippen LogP contribution in [0.1, 0.15) is 36.6 Å². The Morgan fingerprint density at radius 2 is 2.13 bits per heavy atom. The monoisotopic (exact) mass is 327 g/mol. The normalized spacial score (nSPS) is 13.9. The van der Waals surface area contributed by atoms with Gasteiger partial charge >= 0.3 is 5.97 Å². The van der Waals surface area contributed by atoms with E-state index in [9.17, 15) is 9.90 Å². The summed E-state index contributed by atoms with van der Waals surface area (Å²) in [5, 5.41) is 10.1. The zero-order valence-electron chi connectivity index (χ0n) is 13.0. The molecule has 4 heteroatoms. The number of aromatic nitrogens is 1. The van der Waals surface area contributed by atoms with Crippen molar-refractivity contribution in [1.82, 2.24) is 4.98 Å². The highest BCUT2D eigenvalue weighted by Gasteiger charge is 2.19. The molecular weight excluding hydrogens is 310 g/mol. The number of fused-ring (bicyclic) bond motifs is 1. The van der Waals surface area contributed by atoms with Crippen LogP contribution < -0.4 is 0 Å². The third-order valence-corrected chi connectivity index (χ3v) is 4.52. The van der Waals surface area contributed by atoms with E-state index in [4.69, 9.17) is 11.6 Å². The number of carboxylic acids is 1. The minimum Gasteiger partial charge on any atom is -0.478 e. The molecular formula is C19H18ClNO2. The van der Waals surface area contributed by atoms with Crippen molar-refractivity contribution < 1.29 is 9.90 Å². The van der Waals surface area contributed by atoms with Crippen LogP contribution in [0.3, 0.4) is 0 Å². The number of nitrogens with zero attached hydrogens (tertiary/aromatic N) is 1. The maximum Gasteiger partial charge on any atom is 0.335 e.